The highest BCUT2D eigenvalue weighted by Gasteiger charge is 2.50. The lowest BCUT2D eigenvalue weighted by molar-refractivity contribution is -0.359. The number of carbonyl (C=O) groups excluding carboxylic acids is 1. The Kier molecular flexibility index (Phi) is 27.0. The van der Waals surface area contributed by atoms with Crippen molar-refractivity contribution in [1.82, 2.24) is 5.32 Å². The summed E-state index contributed by atoms with van der Waals surface area (Å²) in [7, 11) is 0. The number of ether oxygens (including phenoxy) is 4. The predicted octanol–water partition coefficient (Wildman–Crippen LogP) is 2.92. The topological polar surface area (TPSA) is 228 Å². The van der Waals surface area contributed by atoms with E-state index in [-0.39, 0.29) is 18.9 Å². The van der Waals surface area contributed by atoms with Gasteiger partial charge in [0, 0.05) is 6.42 Å². The first-order chi connectivity index (χ1) is 27.6. The van der Waals surface area contributed by atoms with Crippen LogP contribution in [-0.4, -0.2) is 140 Å². The van der Waals surface area contributed by atoms with Gasteiger partial charge >= 0.3 is 0 Å². The molecule has 2 rings (SSSR count). The van der Waals surface area contributed by atoms with E-state index in [1.54, 1.807) is 0 Å². The molecule has 1 amide bonds. The summed E-state index contributed by atoms with van der Waals surface area (Å²) in [5, 5.41) is 85.8. The van der Waals surface area contributed by atoms with Gasteiger partial charge in [0.05, 0.1) is 32.0 Å². The predicted molar refractivity (Wildman–Crippen MR) is 216 cm³/mol. The van der Waals surface area contributed by atoms with E-state index in [1.165, 1.54) is 0 Å². The number of unbranched alkanes of at least 4 members (excludes halogenated alkanes) is 3. The van der Waals surface area contributed by atoms with Gasteiger partial charge in [-0.2, -0.15) is 0 Å². The van der Waals surface area contributed by atoms with Crippen LogP contribution in [0, 0.1) is 0 Å². The van der Waals surface area contributed by atoms with Crippen molar-refractivity contribution in [3.05, 3.63) is 72.9 Å². The van der Waals surface area contributed by atoms with Crippen molar-refractivity contribution >= 4 is 5.91 Å². The Morgan fingerprint density at radius 2 is 1.18 bits per heavy atom. The third kappa shape index (κ3) is 19.4. The Hall–Kier alpha value is -2.57. The van der Waals surface area contributed by atoms with Gasteiger partial charge in [-0.05, 0) is 51.4 Å². The van der Waals surface area contributed by atoms with Crippen LogP contribution in [0.1, 0.15) is 97.3 Å². The average molecular weight is 810 g/mol. The van der Waals surface area contributed by atoms with Crippen molar-refractivity contribution in [2.75, 3.05) is 19.8 Å². The van der Waals surface area contributed by atoms with Gasteiger partial charge in [0.2, 0.25) is 5.91 Å². The Labute approximate surface area is 338 Å². The van der Waals surface area contributed by atoms with Gasteiger partial charge in [0.1, 0.15) is 48.8 Å². The molecule has 2 aliphatic heterocycles. The summed E-state index contributed by atoms with van der Waals surface area (Å²) in [5.41, 5.74) is 0. The number of hydrogen-bond donors (Lipinski definition) is 9. The molecule has 2 saturated heterocycles. The monoisotopic (exact) mass is 809 g/mol. The molecule has 0 saturated carbocycles. The molecular weight excluding hydrogens is 738 g/mol. The van der Waals surface area contributed by atoms with Crippen molar-refractivity contribution in [3.8, 4) is 0 Å². The van der Waals surface area contributed by atoms with E-state index >= 15 is 0 Å². The summed E-state index contributed by atoms with van der Waals surface area (Å²) in [5.74, 6) is -0.304. The third-order valence-corrected chi connectivity index (χ3v) is 9.70. The molecule has 2 fully saturated rings. The van der Waals surface area contributed by atoms with Gasteiger partial charge in [-0.3, -0.25) is 4.79 Å². The van der Waals surface area contributed by atoms with Crippen LogP contribution in [-0.2, 0) is 23.7 Å². The molecule has 326 valence electrons. The first-order valence-corrected chi connectivity index (χ1v) is 20.7. The zero-order valence-electron chi connectivity index (χ0n) is 33.8. The number of carbonyl (C=O) groups is 1. The fraction of sp³-hybridized carbons (Fsp3) is 0.698. The van der Waals surface area contributed by atoms with Crippen molar-refractivity contribution < 1.29 is 64.6 Å². The highest BCUT2D eigenvalue weighted by atomic mass is 16.7. The lowest BCUT2D eigenvalue weighted by atomic mass is 9.97. The molecule has 0 aromatic rings. The summed E-state index contributed by atoms with van der Waals surface area (Å²) >= 11 is 0. The fourth-order valence-corrected chi connectivity index (χ4v) is 6.25. The quantitative estimate of drug-likeness (QED) is 0.0410. The number of nitrogens with one attached hydrogen (secondary N) is 1. The molecule has 2 heterocycles. The molecule has 12 atom stereocenters. The largest absolute Gasteiger partial charge is 0.394 e. The zero-order valence-corrected chi connectivity index (χ0v) is 33.8. The van der Waals surface area contributed by atoms with E-state index in [9.17, 15) is 45.6 Å². The van der Waals surface area contributed by atoms with Gasteiger partial charge in [0.25, 0.3) is 0 Å². The van der Waals surface area contributed by atoms with Gasteiger partial charge in [-0.25, -0.2) is 0 Å². The average Bonchev–Trinajstić information content (AvgIpc) is 3.21. The fourth-order valence-electron chi connectivity index (χ4n) is 6.25. The summed E-state index contributed by atoms with van der Waals surface area (Å²) < 4.78 is 22.4. The maximum absolute atomic E-state index is 12.9. The maximum atomic E-state index is 12.9. The van der Waals surface area contributed by atoms with E-state index in [4.69, 9.17) is 18.9 Å². The van der Waals surface area contributed by atoms with E-state index < -0.39 is 86.8 Å². The van der Waals surface area contributed by atoms with Crippen LogP contribution in [0.25, 0.3) is 0 Å². The summed E-state index contributed by atoms with van der Waals surface area (Å²) in [6.45, 7) is 2.49. The third-order valence-electron chi connectivity index (χ3n) is 9.70. The molecule has 0 spiro atoms. The highest BCUT2D eigenvalue weighted by molar-refractivity contribution is 5.76. The molecular formula is C43H71NO13. The Bertz CT molecular complexity index is 1240. The molecule has 0 radical (unpaired) electrons. The van der Waals surface area contributed by atoms with Gasteiger partial charge in [-0.15, -0.1) is 0 Å². The standard InChI is InChI=1S/C43H71NO13/c1-3-5-7-9-10-11-12-13-14-15-16-17-18-19-20-21-22-23-25-27-35(48)44-31(32(47)26-24-8-6-4-2)30-54-42-40(53)38(51)41(34(29-46)56-42)57-43-39(52)37(50)36(49)33(28-45)55-43/h5,7,10-11,13-14,16-17,19-20,22-23,31-34,36-43,45-47,49-53H,3-4,6,8-9,12,15,18,21,24-30H2,1-2H3,(H,44,48)/b7-5-,11-10-,14-13-,17-16-,20-19-,23-22-. The molecule has 0 aliphatic carbocycles. The van der Waals surface area contributed by atoms with Crippen LogP contribution >= 0.6 is 0 Å². The van der Waals surface area contributed by atoms with Crippen molar-refractivity contribution in [2.24, 2.45) is 0 Å². The normalized spacial score (nSPS) is 29.9. The Balaban J connectivity index is 1.84. The molecule has 0 aromatic heterocycles. The highest BCUT2D eigenvalue weighted by Crippen LogP contribution is 2.29. The number of hydrogen-bond acceptors (Lipinski definition) is 13. The van der Waals surface area contributed by atoms with E-state index in [1.807, 2.05) is 12.2 Å². The van der Waals surface area contributed by atoms with E-state index in [0.717, 1.165) is 64.2 Å². The minimum absolute atomic E-state index is 0.173. The smallest absolute Gasteiger partial charge is 0.220 e. The lowest BCUT2D eigenvalue weighted by Crippen LogP contribution is -2.65. The summed E-state index contributed by atoms with van der Waals surface area (Å²) in [6, 6.07) is -0.868. The minimum Gasteiger partial charge on any atom is -0.394 e. The molecule has 14 nitrogen and oxygen atoms in total. The summed E-state index contributed by atoms with van der Waals surface area (Å²) in [6.07, 6.45) is 18.7. The number of rotatable bonds is 28. The lowest BCUT2D eigenvalue weighted by Gasteiger charge is -2.46. The minimum atomic E-state index is -1.79. The van der Waals surface area contributed by atoms with Crippen molar-refractivity contribution in [3.63, 3.8) is 0 Å². The summed E-state index contributed by atoms with van der Waals surface area (Å²) in [4.78, 5) is 12.9. The van der Waals surface area contributed by atoms with Gasteiger partial charge in [0.15, 0.2) is 12.6 Å². The first kappa shape index (κ1) is 50.6. The molecule has 0 bridgehead atoms. The van der Waals surface area contributed by atoms with E-state index in [2.05, 4.69) is 79.9 Å². The Morgan fingerprint density at radius 3 is 1.72 bits per heavy atom. The number of aliphatic hydroxyl groups excluding tert-OH is 8. The van der Waals surface area contributed by atoms with Crippen LogP contribution in [0.4, 0.5) is 0 Å². The molecule has 2 aliphatic rings. The molecule has 57 heavy (non-hydrogen) atoms. The van der Waals surface area contributed by atoms with Gasteiger partial charge < -0.3 is 65.1 Å². The van der Waals surface area contributed by atoms with Crippen molar-refractivity contribution in [2.45, 2.75) is 171 Å². The first-order valence-electron chi connectivity index (χ1n) is 20.7. The molecule has 9 N–H and O–H groups in total. The van der Waals surface area contributed by atoms with Crippen LogP contribution in [0.2, 0.25) is 0 Å². The second kappa shape index (κ2) is 30.5. The molecule has 12 unspecified atom stereocenters. The van der Waals surface area contributed by atoms with Crippen LogP contribution in [0.5, 0.6) is 0 Å². The molecule has 14 heteroatoms. The Morgan fingerprint density at radius 1 is 0.649 bits per heavy atom. The van der Waals surface area contributed by atoms with Gasteiger partial charge in [-0.1, -0.05) is 112 Å². The SMILES string of the molecule is CC/C=C\C/C=C\C/C=C\C/C=C\C/C=C\C/C=C\CCC(=O)NC(COC1OC(CO)C(OC2OC(CO)C(O)C(O)C2O)C(O)C1O)C(O)CCCCCC. The van der Waals surface area contributed by atoms with E-state index in [0.29, 0.717) is 12.8 Å². The maximum Gasteiger partial charge on any atom is 0.220 e. The number of amides is 1. The molecule has 0 aromatic carbocycles. The second-order valence-electron chi connectivity index (χ2n) is 14.4. The van der Waals surface area contributed by atoms with Crippen LogP contribution < -0.4 is 5.32 Å². The number of aliphatic hydroxyl groups is 8. The number of allylic oxidation sites excluding steroid dienone is 12. The van der Waals surface area contributed by atoms with Crippen LogP contribution in [0.15, 0.2) is 72.9 Å². The van der Waals surface area contributed by atoms with Crippen molar-refractivity contribution in [1.29, 1.82) is 0 Å². The van der Waals surface area contributed by atoms with Crippen LogP contribution in [0.3, 0.4) is 0 Å². The zero-order chi connectivity index (χ0) is 41.8. The second-order valence-corrected chi connectivity index (χ2v) is 14.4.